The fourth-order valence-corrected chi connectivity index (χ4v) is 3.80. The van der Waals surface area contributed by atoms with E-state index in [2.05, 4.69) is 10.0 Å². The summed E-state index contributed by atoms with van der Waals surface area (Å²) in [6.07, 6.45) is 0. The van der Waals surface area contributed by atoms with E-state index in [0.29, 0.717) is 5.56 Å². The number of ether oxygens (including phenoxy) is 2. The Hall–Kier alpha value is -3.07. The molecule has 2 N–H and O–H groups in total. The summed E-state index contributed by atoms with van der Waals surface area (Å²) in [6.45, 7) is 5.20. The lowest BCUT2D eigenvalue weighted by Crippen LogP contribution is -2.30. The SMILES string of the molecule is COC(=O)c1cccc(NS(=O)(=O)c2ccc(OC)c(C(=O)NC(C)C)c2)c1C. The first-order chi connectivity index (χ1) is 13.6. The molecule has 0 aliphatic rings. The molecule has 0 spiro atoms. The van der Waals surface area contributed by atoms with Crippen LogP contribution >= 0.6 is 0 Å². The van der Waals surface area contributed by atoms with Crippen LogP contribution in [-0.4, -0.2) is 40.6 Å². The average molecular weight is 420 g/mol. The predicted molar refractivity (Wildman–Crippen MR) is 109 cm³/mol. The standard InChI is InChI=1S/C20H24N2O6S/c1-12(2)21-19(23)16-11-14(9-10-18(16)27-4)29(25,26)22-17-8-6-7-15(13(17)3)20(24)28-5/h6-12,22H,1-5H3,(H,21,23). The Morgan fingerprint density at radius 3 is 2.31 bits per heavy atom. The van der Waals surface area contributed by atoms with Crippen molar-refractivity contribution >= 4 is 27.6 Å². The molecule has 0 aliphatic carbocycles. The summed E-state index contributed by atoms with van der Waals surface area (Å²) in [5.74, 6) is -0.760. The fraction of sp³-hybridized carbons (Fsp3) is 0.300. The summed E-state index contributed by atoms with van der Waals surface area (Å²) in [6, 6.07) is 8.50. The van der Waals surface area contributed by atoms with Gasteiger partial charge in [-0.05, 0) is 56.7 Å². The van der Waals surface area contributed by atoms with E-state index in [4.69, 9.17) is 9.47 Å². The van der Waals surface area contributed by atoms with Crippen molar-refractivity contribution in [2.45, 2.75) is 31.7 Å². The van der Waals surface area contributed by atoms with Crippen LogP contribution in [0.5, 0.6) is 5.75 Å². The minimum Gasteiger partial charge on any atom is -0.496 e. The van der Waals surface area contributed by atoms with Gasteiger partial charge in [-0.1, -0.05) is 6.07 Å². The van der Waals surface area contributed by atoms with Gasteiger partial charge in [0.15, 0.2) is 0 Å². The second-order valence-corrected chi connectivity index (χ2v) is 8.25. The summed E-state index contributed by atoms with van der Waals surface area (Å²) < 4.78 is 38.2. The monoisotopic (exact) mass is 420 g/mol. The van der Waals surface area contributed by atoms with Gasteiger partial charge in [0.2, 0.25) is 0 Å². The molecule has 8 nitrogen and oxygen atoms in total. The highest BCUT2D eigenvalue weighted by atomic mass is 32.2. The van der Waals surface area contributed by atoms with Gasteiger partial charge in [-0.15, -0.1) is 0 Å². The molecule has 2 aromatic rings. The lowest BCUT2D eigenvalue weighted by atomic mass is 10.1. The highest BCUT2D eigenvalue weighted by Gasteiger charge is 2.22. The van der Waals surface area contributed by atoms with Gasteiger partial charge in [-0.2, -0.15) is 0 Å². The molecule has 0 saturated heterocycles. The summed E-state index contributed by atoms with van der Waals surface area (Å²) in [4.78, 5) is 24.1. The Balaban J connectivity index is 2.44. The number of anilines is 1. The van der Waals surface area contributed by atoms with Crippen LogP contribution in [0.4, 0.5) is 5.69 Å². The molecular formula is C20H24N2O6S. The Kier molecular flexibility index (Phi) is 6.86. The maximum atomic E-state index is 12.9. The molecule has 0 heterocycles. The van der Waals surface area contributed by atoms with Crippen molar-refractivity contribution in [3.8, 4) is 5.75 Å². The van der Waals surface area contributed by atoms with Crippen LogP contribution in [0.2, 0.25) is 0 Å². The van der Waals surface area contributed by atoms with Crippen molar-refractivity contribution < 1.29 is 27.5 Å². The Labute approximate surface area is 170 Å². The van der Waals surface area contributed by atoms with E-state index in [1.54, 1.807) is 32.9 Å². The second-order valence-electron chi connectivity index (χ2n) is 6.57. The van der Waals surface area contributed by atoms with Gasteiger partial charge in [0, 0.05) is 6.04 Å². The molecule has 9 heteroatoms. The maximum absolute atomic E-state index is 12.9. The van der Waals surface area contributed by atoms with Crippen LogP contribution in [0.25, 0.3) is 0 Å². The molecule has 156 valence electrons. The van der Waals surface area contributed by atoms with Crippen LogP contribution in [-0.2, 0) is 14.8 Å². The number of carbonyl (C=O) groups is 2. The predicted octanol–water partition coefficient (Wildman–Crippen LogP) is 2.73. The lowest BCUT2D eigenvalue weighted by molar-refractivity contribution is 0.0599. The molecule has 0 aliphatic heterocycles. The first-order valence-electron chi connectivity index (χ1n) is 8.80. The zero-order chi connectivity index (χ0) is 21.8. The zero-order valence-corrected chi connectivity index (χ0v) is 17.7. The van der Waals surface area contributed by atoms with E-state index >= 15 is 0 Å². The number of amides is 1. The summed E-state index contributed by atoms with van der Waals surface area (Å²) in [5, 5.41) is 2.71. The third kappa shape index (κ3) is 5.05. The number of methoxy groups -OCH3 is 2. The van der Waals surface area contributed by atoms with E-state index in [-0.39, 0.29) is 33.5 Å². The first kappa shape index (κ1) is 22.2. The molecular weight excluding hydrogens is 396 g/mol. The van der Waals surface area contributed by atoms with Crippen LogP contribution in [0.1, 0.15) is 40.1 Å². The van der Waals surface area contributed by atoms with Crippen LogP contribution in [0, 0.1) is 6.92 Å². The van der Waals surface area contributed by atoms with Gasteiger partial charge in [0.25, 0.3) is 15.9 Å². The smallest absolute Gasteiger partial charge is 0.338 e. The van der Waals surface area contributed by atoms with Crippen LogP contribution < -0.4 is 14.8 Å². The molecule has 0 unspecified atom stereocenters. The second kappa shape index (κ2) is 8.95. The molecule has 0 radical (unpaired) electrons. The number of hydrogen-bond acceptors (Lipinski definition) is 6. The highest BCUT2D eigenvalue weighted by molar-refractivity contribution is 7.92. The van der Waals surface area contributed by atoms with Crippen molar-refractivity contribution in [2.24, 2.45) is 0 Å². The first-order valence-corrected chi connectivity index (χ1v) is 10.3. The van der Waals surface area contributed by atoms with Gasteiger partial charge in [0.1, 0.15) is 5.75 Å². The number of esters is 1. The third-order valence-electron chi connectivity index (χ3n) is 4.13. The Morgan fingerprint density at radius 2 is 1.72 bits per heavy atom. The van der Waals surface area contributed by atoms with Gasteiger partial charge < -0.3 is 14.8 Å². The van der Waals surface area contributed by atoms with Gasteiger partial charge >= 0.3 is 5.97 Å². The Bertz CT molecular complexity index is 1030. The third-order valence-corrected chi connectivity index (χ3v) is 5.49. The molecule has 0 saturated carbocycles. The minimum absolute atomic E-state index is 0.101. The topological polar surface area (TPSA) is 111 Å². The summed E-state index contributed by atoms with van der Waals surface area (Å²) in [7, 11) is -1.38. The molecule has 0 aromatic heterocycles. The van der Waals surface area contributed by atoms with E-state index in [1.807, 2.05) is 0 Å². The normalized spacial score (nSPS) is 11.1. The number of nitrogens with one attached hydrogen (secondary N) is 2. The van der Waals surface area contributed by atoms with Gasteiger partial charge in [-0.25, -0.2) is 13.2 Å². The van der Waals surface area contributed by atoms with Crippen molar-refractivity contribution in [1.29, 1.82) is 0 Å². The van der Waals surface area contributed by atoms with Gasteiger partial charge in [0.05, 0.1) is 35.9 Å². The quantitative estimate of drug-likeness (QED) is 0.667. The maximum Gasteiger partial charge on any atom is 0.338 e. The molecule has 29 heavy (non-hydrogen) atoms. The van der Waals surface area contributed by atoms with Crippen molar-refractivity contribution in [1.82, 2.24) is 5.32 Å². The molecule has 1 amide bonds. The largest absolute Gasteiger partial charge is 0.496 e. The van der Waals surface area contributed by atoms with Crippen molar-refractivity contribution in [2.75, 3.05) is 18.9 Å². The number of sulfonamides is 1. The molecule has 0 atom stereocenters. The molecule has 0 bridgehead atoms. The van der Waals surface area contributed by atoms with Crippen molar-refractivity contribution in [3.05, 3.63) is 53.1 Å². The van der Waals surface area contributed by atoms with Crippen molar-refractivity contribution in [3.63, 3.8) is 0 Å². The Morgan fingerprint density at radius 1 is 1.03 bits per heavy atom. The summed E-state index contributed by atoms with van der Waals surface area (Å²) in [5.41, 5.74) is 1.01. The number of hydrogen-bond donors (Lipinski definition) is 2. The average Bonchev–Trinajstić information content (AvgIpc) is 2.67. The highest BCUT2D eigenvalue weighted by Crippen LogP contribution is 2.26. The minimum atomic E-state index is -4.03. The van der Waals surface area contributed by atoms with E-state index in [1.165, 1.54) is 38.5 Å². The van der Waals surface area contributed by atoms with Crippen LogP contribution in [0.15, 0.2) is 41.3 Å². The number of rotatable bonds is 7. The fourth-order valence-electron chi connectivity index (χ4n) is 2.65. The van der Waals surface area contributed by atoms with Gasteiger partial charge in [-0.3, -0.25) is 9.52 Å². The number of carbonyl (C=O) groups excluding carboxylic acids is 2. The molecule has 2 aromatic carbocycles. The number of benzene rings is 2. The van der Waals surface area contributed by atoms with E-state index in [9.17, 15) is 18.0 Å². The van der Waals surface area contributed by atoms with E-state index in [0.717, 1.165) is 0 Å². The summed E-state index contributed by atoms with van der Waals surface area (Å²) >= 11 is 0. The van der Waals surface area contributed by atoms with Crippen LogP contribution in [0.3, 0.4) is 0 Å². The molecule has 2 rings (SSSR count). The zero-order valence-electron chi connectivity index (χ0n) is 16.9. The molecule has 0 fully saturated rings. The van der Waals surface area contributed by atoms with E-state index < -0.39 is 21.9 Å². The lowest BCUT2D eigenvalue weighted by Gasteiger charge is -2.15.